The van der Waals surface area contributed by atoms with Crippen molar-refractivity contribution >= 4 is 5.91 Å². The van der Waals surface area contributed by atoms with Crippen molar-refractivity contribution in [2.75, 3.05) is 6.54 Å². The third kappa shape index (κ3) is 2.18. The number of amides is 1. The maximum Gasteiger partial charge on any atom is 0.219 e. The Morgan fingerprint density at radius 1 is 1.29 bits per heavy atom. The fourth-order valence-corrected chi connectivity index (χ4v) is 4.51. The number of aryl methyl sites for hydroxylation is 1. The van der Waals surface area contributed by atoms with E-state index < -0.39 is 0 Å². The summed E-state index contributed by atoms with van der Waals surface area (Å²) in [6.45, 7) is 5.35. The first-order valence-corrected chi connectivity index (χ1v) is 8.20. The van der Waals surface area contributed by atoms with Crippen LogP contribution in [0.5, 0.6) is 0 Å². The lowest BCUT2D eigenvalue weighted by molar-refractivity contribution is -0.129. The highest BCUT2D eigenvalue weighted by atomic mass is 16.2. The van der Waals surface area contributed by atoms with Gasteiger partial charge in [-0.2, -0.15) is 0 Å². The Kier molecular flexibility index (Phi) is 3.06. The zero-order valence-corrected chi connectivity index (χ0v) is 12.9. The molecular formula is C16H24N4O. The van der Waals surface area contributed by atoms with Gasteiger partial charge < -0.3 is 14.8 Å². The molecule has 3 aliphatic rings. The number of carbonyl (C=O) groups excluding carboxylic acids is 1. The lowest BCUT2D eigenvalue weighted by Crippen LogP contribution is -2.40. The molecule has 0 radical (unpaired) electrons. The van der Waals surface area contributed by atoms with Gasteiger partial charge in [0.25, 0.3) is 0 Å². The van der Waals surface area contributed by atoms with Crippen LogP contribution in [0.15, 0.2) is 0 Å². The molecule has 2 bridgehead atoms. The molecule has 0 aromatic carbocycles. The number of hydrogen-bond acceptors (Lipinski definition) is 3. The van der Waals surface area contributed by atoms with Crippen LogP contribution in [-0.4, -0.2) is 39.0 Å². The van der Waals surface area contributed by atoms with Gasteiger partial charge in [0.15, 0.2) is 0 Å². The molecule has 5 nitrogen and oxygen atoms in total. The zero-order valence-electron chi connectivity index (χ0n) is 12.9. The topological polar surface area (TPSA) is 50.2 Å². The summed E-state index contributed by atoms with van der Waals surface area (Å²) < 4.78 is 2.45. The fraction of sp³-hybridized carbons (Fsp3) is 0.750. The quantitative estimate of drug-likeness (QED) is 0.853. The van der Waals surface area contributed by atoms with Crippen LogP contribution in [0.4, 0.5) is 0 Å². The number of imidazole rings is 1. The minimum absolute atomic E-state index is 0.177. The summed E-state index contributed by atoms with van der Waals surface area (Å²) in [7, 11) is 0. The van der Waals surface area contributed by atoms with Crippen LogP contribution in [0.25, 0.3) is 0 Å². The maximum atomic E-state index is 11.7. The van der Waals surface area contributed by atoms with E-state index in [1.54, 1.807) is 6.92 Å². The standard InChI is InChI=1S/C16H24N4O/c1-10-17-15-5-6-19(11(2)21)9-16(15)20(10)14-7-12-3-4-13(8-14)18-12/h12-14,18H,3-9H2,1-2H3/t12-,13+,14+. The number of nitrogens with one attached hydrogen (secondary N) is 1. The van der Waals surface area contributed by atoms with E-state index in [9.17, 15) is 4.79 Å². The van der Waals surface area contributed by atoms with Crippen molar-refractivity contribution in [2.45, 2.75) is 70.6 Å². The summed E-state index contributed by atoms with van der Waals surface area (Å²) in [5, 5.41) is 3.71. The molecule has 3 atom stereocenters. The van der Waals surface area contributed by atoms with E-state index in [1.165, 1.54) is 37.1 Å². The van der Waals surface area contributed by atoms with Gasteiger partial charge >= 0.3 is 0 Å². The van der Waals surface area contributed by atoms with Crippen molar-refractivity contribution in [3.05, 3.63) is 17.2 Å². The molecular weight excluding hydrogens is 264 g/mol. The van der Waals surface area contributed by atoms with Crippen molar-refractivity contribution in [2.24, 2.45) is 0 Å². The first kappa shape index (κ1) is 13.3. The lowest BCUT2D eigenvalue weighted by atomic mass is 9.98. The Labute approximate surface area is 125 Å². The average Bonchev–Trinajstić information content (AvgIpc) is 2.96. The van der Waals surface area contributed by atoms with Crippen LogP contribution < -0.4 is 5.32 Å². The minimum atomic E-state index is 0.177. The predicted octanol–water partition coefficient (Wildman–Crippen LogP) is 1.55. The van der Waals surface area contributed by atoms with Crippen LogP contribution in [0.2, 0.25) is 0 Å². The van der Waals surface area contributed by atoms with Crippen LogP contribution in [0.3, 0.4) is 0 Å². The van der Waals surface area contributed by atoms with E-state index in [2.05, 4.69) is 16.8 Å². The van der Waals surface area contributed by atoms with Crippen LogP contribution in [0, 0.1) is 6.92 Å². The maximum absolute atomic E-state index is 11.7. The molecule has 1 aromatic heterocycles. The number of hydrogen-bond donors (Lipinski definition) is 1. The minimum Gasteiger partial charge on any atom is -0.337 e. The molecule has 4 heterocycles. The number of aromatic nitrogens is 2. The molecule has 5 heteroatoms. The van der Waals surface area contributed by atoms with E-state index in [4.69, 9.17) is 4.98 Å². The Morgan fingerprint density at radius 3 is 2.67 bits per heavy atom. The van der Waals surface area contributed by atoms with Gasteiger partial charge in [-0.25, -0.2) is 4.98 Å². The summed E-state index contributed by atoms with van der Waals surface area (Å²) in [5.41, 5.74) is 2.51. The number of nitrogens with zero attached hydrogens (tertiary/aromatic N) is 3. The molecule has 0 saturated carbocycles. The largest absolute Gasteiger partial charge is 0.337 e. The average molecular weight is 288 g/mol. The molecule has 114 valence electrons. The summed E-state index contributed by atoms with van der Waals surface area (Å²) in [6, 6.07) is 1.92. The number of piperidine rings is 1. The Balaban J connectivity index is 1.66. The molecule has 21 heavy (non-hydrogen) atoms. The van der Waals surface area contributed by atoms with E-state index in [0.29, 0.717) is 18.1 Å². The second-order valence-electron chi connectivity index (χ2n) is 6.88. The highest BCUT2D eigenvalue weighted by Crippen LogP contribution is 2.36. The SMILES string of the molecule is CC(=O)N1CCc2nc(C)n([C@H]3C[C@H]4CC[C@@H](C3)N4)c2C1. The number of carbonyl (C=O) groups is 1. The van der Waals surface area contributed by atoms with E-state index in [0.717, 1.165) is 25.3 Å². The van der Waals surface area contributed by atoms with E-state index in [-0.39, 0.29) is 5.91 Å². The Morgan fingerprint density at radius 2 is 2.00 bits per heavy atom. The molecule has 2 fully saturated rings. The van der Waals surface area contributed by atoms with Gasteiger partial charge in [0.05, 0.1) is 17.9 Å². The smallest absolute Gasteiger partial charge is 0.219 e. The van der Waals surface area contributed by atoms with Gasteiger partial charge in [-0.3, -0.25) is 4.79 Å². The third-order valence-corrected chi connectivity index (χ3v) is 5.49. The molecule has 2 saturated heterocycles. The van der Waals surface area contributed by atoms with Gasteiger partial charge in [0.1, 0.15) is 5.82 Å². The molecule has 0 aliphatic carbocycles. The number of fused-ring (bicyclic) bond motifs is 3. The normalized spacial score (nSPS) is 31.3. The molecule has 0 spiro atoms. The van der Waals surface area contributed by atoms with Crippen molar-refractivity contribution in [1.82, 2.24) is 19.8 Å². The summed E-state index contributed by atoms with van der Waals surface area (Å²) >= 11 is 0. The Hall–Kier alpha value is -1.36. The number of rotatable bonds is 1. The summed E-state index contributed by atoms with van der Waals surface area (Å²) in [4.78, 5) is 18.5. The van der Waals surface area contributed by atoms with Crippen molar-refractivity contribution in [3.63, 3.8) is 0 Å². The van der Waals surface area contributed by atoms with Gasteiger partial charge in [-0.05, 0) is 32.6 Å². The van der Waals surface area contributed by atoms with Crippen LogP contribution >= 0.6 is 0 Å². The van der Waals surface area contributed by atoms with Crippen molar-refractivity contribution in [3.8, 4) is 0 Å². The summed E-state index contributed by atoms with van der Waals surface area (Å²) in [5.74, 6) is 1.31. The second kappa shape index (κ2) is 4.83. The molecule has 4 rings (SSSR count). The highest BCUT2D eigenvalue weighted by Gasteiger charge is 2.36. The molecule has 1 N–H and O–H groups in total. The lowest BCUT2D eigenvalue weighted by Gasteiger charge is -2.34. The molecule has 0 unspecified atom stereocenters. The molecule has 1 aromatic rings. The molecule has 3 aliphatic heterocycles. The predicted molar refractivity (Wildman–Crippen MR) is 80.0 cm³/mol. The highest BCUT2D eigenvalue weighted by molar-refractivity contribution is 5.73. The third-order valence-electron chi connectivity index (χ3n) is 5.49. The van der Waals surface area contributed by atoms with E-state index in [1.807, 2.05) is 4.90 Å². The van der Waals surface area contributed by atoms with Crippen molar-refractivity contribution in [1.29, 1.82) is 0 Å². The summed E-state index contributed by atoms with van der Waals surface area (Å²) in [6.07, 6.45) is 5.95. The van der Waals surface area contributed by atoms with Gasteiger partial charge in [0, 0.05) is 38.0 Å². The van der Waals surface area contributed by atoms with Crippen LogP contribution in [0.1, 0.15) is 55.9 Å². The first-order chi connectivity index (χ1) is 10.1. The van der Waals surface area contributed by atoms with Gasteiger partial charge in [-0.15, -0.1) is 0 Å². The van der Waals surface area contributed by atoms with Crippen molar-refractivity contribution < 1.29 is 4.79 Å². The molecule has 1 amide bonds. The fourth-order valence-electron chi connectivity index (χ4n) is 4.51. The van der Waals surface area contributed by atoms with Gasteiger partial charge in [-0.1, -0.05) is 0 Å². The van der Waals surface area contributed by atoms with Crippen LogP contribution in [-0.2, 0) is 17.8 Å². The second-order valence-corrected chi connectivity index (χ2v) is 6.88. The van der Waals surface area contributed by atoms with E-state index >= 15 is 0 Å². The Bertz CT molecular complexity index is 567. The first-order valence-electron chi connectivity index (χ1n) is 8.20. The zero-order chi connectivity index (χ0) is 14.6. The monoisotopic (exact) mass is 288 g/mol. The van der Waals surface area contributed by atoms with Gasteiger partial charge in [0.2, 0.25) is 5.91 Å².